The van der Waals surface area contributed by atoms with E-state index in [9.17, 15) is 13.2 Å². The van der Waals surface area contributed by atoms with Crippen LogP contribution in [0.2, 0.25) is 0 Å². The molecule has 26 heavy (non-hydrogen) atoms. The molecule has 2 heterocycles. The van der Waals surface area contributed by atoms with Gasteiger partial charge in [0.1, 0.15) is 11.5 Å². The highest BCUT2D eigenvalue weighted by atomic mass is 79.9. The Balaban J connectivity index is 1.85. The van der Waals surface area contributed by atoms with Gasteiger partial charge in [-0.3, -0.25) is 4.79 Å². The van der Waals surface area contributed by atoms with Crippen LogP contribution < -0.4 is 4.74 Å². The first-order valence-electron chi connectivity index (χ1n) is 8.36. The number of hydrogen-bond donors (Lipinski definition) is 0. The van der Waals surface area contributed by atoms with Gasteiger partial charge in [-0.2, -0.15) is 0 Å². The Kier molecular flexibility index (Phi) is 5.72. The first-order chi connectivity index (χ1) is 12.4. The van der Waals surface area contributed by atoms with Crippen LogP contribution >= 0.6 is 15.9 Å². The second-order valence-electron chi connectivity index (χ2n) is 6.15. The first-order valence-corrected chi connectivity index (χ1v) is 11.0. The van der Waals surface area contributed by atoms with Gasteiger partial charge in [0, 0.05) is 11.6 Å². The summed E-state index contributed by atoms with van der Waals surface area (Å²) in [5, 5.41) is 0. The van der Waals surface area contributed by atoms with E-state index in [4.69, 9.17) is 9.15 Å². The average molecular weight is 442 g/mol. The molecular formula is C18H20BrNO5S. The van der Waals surface area contributed by atoms with Gasteiger partial charge in [0.05, 0.1) is 24.7 Å². The van der Waals surface area contributed by atoms with E-state index in [0.717, 1.165) is 0 Å². The molecule has 1 saturated heterocycles. The number of halogens is 1. The van der Waals surface area contributed by atoms with Crippen molar-refractivity contribution in [1.29, 1.82) is 0 Å². The van der Waals surface area contributed by atoms with E-state index >= 15 is 0 Å². The van der Waals surface area contributed by atoms with Gasteiger partial charge in [0.25, 0.3) is 5.91 Å². The molecule has 0 aliphatic carbocycles. The van der Waals surface area contributed by atoms with Crippen LogP contribution in [0, 0.1) is 0 Å². The lowest BCUT2D eigenvalue weighted by molar-refractivity contribution is 0.0665. The molecule has 1 aliphatic heterocycles. The van der Waals surface area contributed by atoms with Crippen LogP contribution in [0.4, 0.5) is 0 Å². The van der Waals surface area contributed by atoms with Crippen LogP contribution in [0.1, 0.15) is 29.5 Å². The van der Waals surface area contributed by atoms with Gasteiger partial charge in [0.15, 0.2) is 14.5 Å². The Hall–Kier alpha value is -1.80. The molecule has 2 aromatic rings. The Morgan fingerprint density at radius 3 is 2.54 bits per heavy atom. The normalized spacial score (nSPS) is 18.6. The third-order valence-corrected chi connectivity index (χ3v) is 6.45. The van der Waals surface area contributed by atoms with Crippen molar-refractivity contribution in [3.8, 4) is 5.75 Å². The fraction of sp³-hybridized carbons (Fsp3) is 0.389. The van der Waals surface area contributed by atoms with Gasteiger partial charge in [0.2, 0.25) is 0 Å². The van der Waals surface area contributed by atoms with E-state index in [2.05, 4.69) is 15.9 Å². The standard InChI is InChI=1S/C18H20BrNO5S/c1-2-24-15-5-3-13(4-6-15)18(21)20(11-16-7-8-17(19)25-16)14-9-10-26(22,23)12-14/h3-8,14H,2,9-12H2,1H3. The number of hydrogen-bond acceptors (Lipinski definition) is 5. The molecule has 140 valence electrons. The minimum atomic E-state index is -3.11. The predicted octanol–water partition coefficient (Wildman–Crippen LogP) is 3.27. The number of sulfone groups is 1. The quantitative estimate of drug-likeness (QED) is 0.687. The fourth-order valence-electron chi connectivity index (χ4n) is 3.02. The van der Waals surface area contributed by atoms with Crippen molar-refractivity contribution in [3.63, 3.8) is 0 Å². The summed E-state index contributed by atoms with van der Waals surface area (Å²) >= 11 is 3.25. The number of amides is 1. The van der Waals surface area contributed by atoms with Crippen LogP contribution in [-0.2, 0) is 16.4 Å². The van der Waals surface area contributed by atoms with E-state index in [1.807, 2.05) is 6.92 Å². The molecule has 0 radical (unpaired) electrons. The van der Waals surface area contributed by atoms with Gasteiger partial charge >= 0.3 is 0 Å². The number of furan rings is 1. The smallest absolute Gasteiger partial charge is 0.254 e. The maximum atomic E-state index is 13.1. The molecule has 1 atom stereocenters. The second kappa shape index (κ2) is 7.84. The summed E-state index contributed by atoms with van der Waals surface area (Å²) in [5.74, 6) is 1.15. The van der Waals surface area contributed by atoms with Crippen LogP contribution in [0.5, 0.6) is 5.75 Å². The number of rotatable bonds is 6. The maximum absolute atomic E-state index is 13.1. The highest BCUT2D eigenvalue weighted by Crippen LogP contribution is 2.24. The largest absolute Gasteiger partial charge is 0.494 e. The van der Waals surface area contributed by atoms with Crippen molar-refractivity contribution in [1.82, 2.24) is 4.90 Å². The monoisotopic (exact) mass is 441 g/mol. The third-order valence-electron chi connectivity index (χ3n) is 4.28. The van der Waals surface area contributed by atoms with Crippen LogP contribution in [0.25, 0.3) is 0 Å². The van der Waals surface area contributed by atoms with E-state index in [-0.39, 0.29) is 30.0 Å². The molecule has 1 aromatic carbocycles. The summed E-state index contributed by atoms with van der Waals surface area (Å²) in [6.45, 7) is 2.66. The van der Waals surface area contributed by atoms with Crippen LogP contribution in [-0.4, -0.2) is 43.4 Å². The Morgan fingerprint density at radius 1 is 1.27 bits per heavy atom. The molecular weight excluding hydrogens is 422 g/mol. The maximum Gasteiger partial charge on any atom is 0.254 e. The Morgan fingerprint density at radius 2 is 2.00 bits per heavy atom. The molecule has 1 unspecified atom stereocenters. The minimum absolute atomic E-state index is 0.0162. The van der Waals surface area contributed by atoms with Crippen LogP contribution in [0.15, 0.2) is 45.5 Å². The SMILES string of the molecule is CCOc1ccc(C(=O)N(Cc2ccc(Br)o2)C2CCS(=O)(=O)C2)cc1. The van der Waals surface area contributed by atoms with Gasteiger partial charge in [-0.05, 0) is 65.7 Å². The molecule has 1 amide bonds. The molecule has 0 spiro atoms. The molecule has 1 aliphatic rings. The summed E-state index contributed by atoms with van der Waals surface area (Å²) in [7, 11) is -3.11. The third kappa shape index (κ3) is 4.48. The summed E-state index contributed by atoms with van der Waals surface area (Å²) in [6.07, 6.45) is 0.437. The molecule has 1 aromatic heterocycles. The van der Waals surface area contributed by atoms with Crippen molar-refractivity contribution in [2.75, 3.05) is 18.1 Å². The molecule has 0 bridgehead atoms. The second-order valence-corrected chi connectivity index (χ2v) is 9.16. The fourth-order valence-corrected chi connectivity index (χ4v) is 5.09. The average Bonchev–Trinajstić information content (AvgIpc) is 3.18. The van der Waals surface area contributed by atoms with Crippen molar-refractivity contribution >= 4 is 31.7 Å². The highest BCUT2D eigenvalue weighted by Gasteiger charge is 2.35. The topological polar surface area (TPSA) is 76.8 Å². The summed E-state index contributed by atoms with van der Waals surface area (Å²) in [5.41, 5.74) is 0.489. The summed E-state index contributed by atoms with van der Waals surface area (Å²) < 4.78 is 35.3. The number of ether oxygens (including phenoxy) is 1. The summed E-state index contributed by atoms with van der Waals surface area (Å²) in [4.78, 5) is 14.6. The molecule has 3 rings (SSSR count). The summed E-state index contributed by atoms with van der Waals surface area (Å²) in [6, 6.07) is 10.0. The number of benzene rings is 1. The van der Waals surface area contributed by atoms with Crippen molar-refractivity contribution in [2.45, 2.75) is 25.9 Å². The lowest BCUT2D eigenvalue weighted by Crippen LogP contribution is -2.40. The zero-order chi connectivity index (χ0) is 18.7. The van der Waals surface area contributed by atoms with E-state index in [1.54, 1.807) is 41.3 Å². The molecule has 8 heteroatoms. The molecule has 0 saturated carbocycles. The van der Waals surface area contributed by atoms with Gasteiger partial charge in [-0.15, -0.1) is 0 Å². The molecule has 0 N–H and O–H groups in total. The minimum Gasteiger partial charge on any atom is -0.494 e. The van der Waals surface area contributed by atoms with Gasteiger partial charge in [-0.25, -0.2) is 8.42 Å². The highest BCUT2D eigenvalue weighted by molar-refractivity contribution is 9.10. The lowest BCUT2D eigenvalue weighted by atomic mass is 10.1. The zero-order valence-electron chi connectivity index (χ0n) is 14.4. The van der Waals surface area contributed by atoms with Gasteiger partial charge < -0.3 is 14.1 Å². The first kappa shape index (κ1) is 19.0. The van der Waals surface area contributed by atoms with Crippen LogP contribution in [0.3, 0.4) is 0 Å². The Labute approximate surface area is 161 Å². The van der Waals surface area contributed by atoms with E-state index < -0.39 is 9.84 Å². The van der Waals surface area contributed by atoms with E-state index in [0.29, 0.717) is 34.8 Å². The predicted molar refractivity (Wildman–Crippen MR) is 101 cm³/mol. The zero-order valence-corrected chi connectivity index (χ0v) is 16.8. The number of carbonyl (C=O) groups is 1. The van der Waals surface area contributed by atoms with Crippen molar-refractivity contribution < 1.29 is 22.4 Å². The van der Waals surface area contributed by atoms with Crippen molar-refractivity contribution in [2.24, 2.45) is 0 Å². The number of carbonyl (C=O) groups excluding carboxylic acids is 1. The Bertz CT molecular complexity index is 875. The van der Waals surface area contributed by atoms with Crippen molar-refractivity contribution in [3.05, 3.63) is 52.4 Å². The lowest BCUT2D eigenvalue weighted by Gasteiger charge is -2.27. The van der Waals surface area contributed by atoms with Gasteiger partial charge in [-0.1, -0.05) is 0 Å². The number of nitrogens with zero attached hydrogens (tertiary/aromatic N) is 1. The molecule has 1 fully saturated rings. The van der Waals surface area contributed by atoms with E-state index in [1.165, 1.54) is 0 Å². The molecule has 6 nitrogen and oxygen atoms in total.